The summed E-state index contributed by atoms with van der Waals surface area (Å²) in [5, 5.41) is 3.11. The first-order valence-electron chi connectivity index (χ1n) is 3.42. The highest BCUT2D eigenvalue weighted by Gasteiger charge is 2.01. The lowest BCUT2D eigenvalue weighted by molar-refractivity contribution is -0.109. The molecule has 0 saturated heterocycles. The molecule has 1 N–H and O–H groups in total. The van der Waals surface area contributed by atoms with Crippen molar-refractivity contribution < 1.29 is 4.79 Å². The Bertz CT molecular complexity index is 83.0. The van der Waals surface area contributed by atoms with Crippen LogP contribution in [0.25, 0.3) is 0 Å². The van der Waals surface area contributed by atoms with Crippen molar-refractivity contribution in [2.75, 3.05) is 0 Å². The van der Waals surface area contributed by atoms with Gasteiger partial charge in [0.25, 0.3) is 0 Å². The van der Waals surface area contributed by atoms with Gasteiger partial charge < -0.3 is 10.1 Å². The van der Waals surface area contributed by atoms with Gasteiger partial charge in [-0.1, -0.05) is 6.92 Å². The zero-order valence-electron chi connectivity index (χ0n) is 6.35. The second kappa shape index (κ2) is 4.50. The third-order valence-corrected chi connectivity index (χ3v) is 1.36. The summed E-state index contributed by atoms with van der Waals surface area (Å²) in [5.41, 5.74) is 0. The Hall–Kier alpha value is -0.370. The normalized spacial score (nSPS) is 16.8. The first-order chi connectivity index (χ1) is 4.20. The number of hydrogen-bond donors (Lipinski definition) is 1. The SMILES string of the molecule is CCC(C)NC(C)C=O. The van der Waals surface area contributed by atoms with Gasteiger partial charge in [-0.3, -0.25) is 0 Å². The average Bonchev–Trinajstić information content (AvgIpc) is 1.87. The van der Waals surface area contributed by atoms with E-state index in [2.05, 4.69) is 19.2 Å². The van der Waals surface area contributed by atoms with Crippen molar-refractivity contribution in [1.82, 2.24) is 5.32 Å². The van der Waals surface area contributed by atoms with E-state index in [4.69, 9.17) is 0 Å². The molecule has 2 nitrogen and oxygen atoms in total. The van der Waals surface area contributed by atoms with E-state index < -0.39 is 0 Å². The predicted octanol–water partition coefficient (Wildman–Crippen LogP) is 0.962. The van der Waals surface area contributed by atoms with Crippen LogP contribution in [0, 0.1) is 0 Å². The molecule has 0 saturated carbocycles. The highest BCUT2D eigenvalue weighted by atomic mass is 16.1. The van der Waals surface area contributed by atoms with Crippen LogP contribution in [0.15, 0.2) is 0 Å². The van der Waals surface area contributed by atoms with Crippen molar-refractivity contribution in [2.45, 2.75) is 39.3 Å². The summed E-state index contributed by atoms with van der Waals surface area (Å²) in [4.78, 5) is 10.1. The molecule has 0 aromatic rings. The highest BCUT2D eigenvalue weighted by molar-refractivity contribution is 5.56. The first kappa shape index (κ1) is 8.63. The minimum absolute atomic E-state index is 0.0000463. The Labute approximate surface area is 56.6 Å². The van der Waals surface area contributed by atoms with Gasteiger partial charge in [0.15, 0.2) is 0 Å². The van der Waals surface area contributed by atoms with E-state index in [1.165, 1.54) is 0 Å². The van der Waals surface area contributed by atoms with Crippen molar-refractivity contribution in [1.29, 1.82) is 0 Å². The molecule has 54 valence electrons. The molecule has 0 bridgehead atoms. The predicted molar refractivity (Wildman–Crippen MR) is 38.4 cm³/mol. The van der Waals surface area contributed by atoms with Crippen molar-refractivity contribution in [2.24, 2.45) is 0 Å². The van der Waals surface area contributed by atoms with Crippen LogP contribution < -0.4 is 5.32 Å². The number of hydrogen-bond acceptors (Lipinski definition) is 2. The van der Waals surface area contributed by atoms with Crippen LogP contribution in [0.1, 0.15) is 27.2 Å². The average molecular weight is 129 g/mol. The monoisotopic (exact) mass is 129 g/mol. The summed E-state index contributed by atoms with van der Waals surface area (Å²) in [6.07, 6.45) is 1.99. The molecule has 9 heavy (non-hydrogen) atoms. The van der Waals surface area contributed by atoms with Crippen molar-refractivity contribution in [3.05, 3.63) is 0 Å². The minimum Gasteiger partial charge on any atom is -0.305 e. The first-order valence-corrected chi connectivity index (χ1v) is 3.42. The Balaban J connectivity index is 3.33. The molecule has 0 fully saturated rings. The van der Waals surface area contributed by atoms with Gasteiger partial charge in [0, 0.05) is 6.04 Å². The lowest BCUT2D eigenvalue weighted by Crippen LogP contribution is -2.34. The van der Waals surface area contributed by atoms with Crippen molar-refractivity contribution in [3.63, 3.8) is 0 Å². The van der Waals surface area contributed by atoms with E-state index in [0.717, 1.165) is 12.7 Å². The fourth-order valence-electron chi connectivity index (χ4n) is 0.606. The smallest absolute Gasteiger partial charge is 0.136 e. The molecule has 2 unspecified atom stereocenters. The molecule has 2 atom stereocenters. The Morgan fingerprint density at radius 3 is 2.44 bits per heavy atom. The van der Waals surface area contributed by atoms with E-state index in [1.807, 2.05) is 6.92 Å². The van der Waals surface area contributed by atoms with Gasteiger partial charge in [-0.2, -0.15) is 0 Å². The second-order valence-electron chi connectivity index (χ2n) is 2.40. The number of nitrogens with one attached hydrogen (secondary N) is 1. The molecule has 0 amide bonds. The summed E-state index contributed by atoms with van der Waals surface area (Å²) in [5.74, 6) is 0. The molecule has 0 aliphatic carbocycles. The molecule has 0 aliphatic heterocycles. The van der Waals surface area contributed by atoms with Crippen LogP contribution >= 0.6 is 0 Å². The number of aldehydes is 1. The molecule has 0 radical (unpaired) electrons. The number of rotatable bonds is 4. The maximum Gasteiger partial charge on any atom is 0.136 e. The van der Waals surface area contributed by atoms with Gasteiger partial charge >= 0.3 is 0 Å². The lowest BCUT2D eigenvalue weighted by atomic mass is 10.2. The molecule has 0 heterocycles. The second-order valence-corrected chi connectivity index (χ2v) is 2.40. The van der Waals surface area contributed by atoms with Gasteiger partial charge in [-0.15, -0.1) is 0 Å². The van der Waals surface area contributed by atoms with E-state index in [1.54, 1.807) is 0 Å². The maximum atomic E-state index is 10.1. The van der Waals surface area contributed by atoms with Crippen molar-refractivity contribution in [3.8, 4) is 0 Å². The fraction of sp³-hybridized carbons (Fsp3) is 0.857. The van der Waals surface area contributed by atoms with Crippen LogP contribution in [0.3, 0.4) is 0 Å². The third-order valence-electron chi connectivity index (χ3n) is 1.36. The van der Waals surface area contributed by atoms with E-state index in [-0.39, 0.29) is 6.04 Å². The molecular formula is C7H15NO. The molecule has 0 aliphatic rings. The van der Waals surface area contributed by atoms with Crippen molar-refractivity contribution >= 4 is 6.29 Å². The van der Waals surface area contributed by atoms with E-state index >= 15 is 0 Å². The summed E-state index contributed by atoms with van der Waals surface area (Å²) in [6, 6.07) is 0.449. The zero-order chi connectivity index (χ0) is 7.28. The Kier molecular flexibility index (Phi) is 4.32. The summed E-state index contributed by atoms with van der Waals surface area (Å²) >= 11 is 0. The Morgan fingerprint density at radius 1 is 1.56 bits per heavy atom. The summed E-state index contributed by atoms with van der Waals surface area (Å²) in [7, 11) is 0. The van der Waals surface area contributed by atoms with Gasteiger partial charge in [0.2, 0.25) is 0 Å². The molecule has 0 rings (SSSR count). The standard InChI is InChI=1S/C7H15NO/c1-4-6(2)8-7(3)5-9/h5-8H,4H2,1-3H3. The molecule has 0 aromatic heterocycles. The molecule has 2 heteroatoms. The van der Waals surface area contributed by atoms with Crippen LogP contribution in [0.4, 0.5) is 0 Å². The fourth-order valence-corrected chi connectivity index (χ4v) is 0.606. The van der Waals surface area contributed by atoms with Gasteiger partial charge in [0.05, 0.1) is 6.04 Å². The minimum atomic E-state index is -0.0000463. The summed E-state index contributed by atoms with van der Waals surface area (Å²) in [6.45, 7) is 6.02. The Morgan fingerprint density at radius 2 is 2.11 bits per heavy atom. The van der Waals surface area contributed by atoms with Gasteiger partial charge in [-0.25, -0.2) is 0 Å². The topological polar surface area (TPSA) is 29.1 Å². The van der Waals surface area contributed by atoms with Crippen LogP contribution in [-0.2, 0) is 4.79 Å². The van der Waals surface area contributed by atoms with E-state index in [9.17, 15) is 4.79 Å². The zero-order valence-corrected chi connectivity index (χ0v) is 6.35. The molecule has 0 aromatic carbocycles. The highest BCUT2D eigenvalue weighted by Crippen LogP contribution is 1.88. The number of carbonyl (C=O) groups is 1. The maximum absolute atomic E-state index is 10.1. The molecular weight excluding hydrogens is 114 g/mol. The van der Waals surface area contributed by atoms with Crippen LogP contribution in [0.5, 0.6) is 0 Å². The van der Waals surface area contributed by atoms with Crippen LogP contribution in [-0.4, -0.2) is 18.4 Å². The van der Waals surface area contributed by atoms with Gasteiger partial charge in [0.1, 0.15) is 6.29 Å². The van der Waals surface area contributed by atoms with Gasteiger partial charge in [-0.05, 0) is 20.3 Å². The third kappa shape index (κ3) is 4.15. The van der Waals surface area contributed by atoms with Crippen LogP contribution in [0.2, 0.25) is 0 Å². The lowest BCUT2D eigenvalue weighted by Gasteiger charge is -2.12. The number of carbonyl (C=O) groups excluding carboxylic acids is 1. The summed E-state index contributed by atoms with van der Waals surface area (Å²) < 4.78 is 0. The van der Waals surface area contributed by atoms with E-state index in [0.29, 0.717) is 6.04 Å². The quantitative estimate of drug-likeness (QED) is 0.573. The molecule has 0 spiro atoms. The largest absolute Gasteiger partial charge is 0.305 e.